The number of hydrogen-bond donors (Lipinski definition) is 1. The van der Waals surface area contributed by atoms with Gasteiger partial charge in [0.25, 0.3) is 0 Å². The van der Waals surface area contributed by atoms with Gasteiger partial charge in [-0.15, -0.1) is 0 Å². The number of aliphatic hydroxyl groups excluding tert-OH is 1. The summed E-state index contributed by atoms with van der Waals surface area (Å²) in [6.07, 6.45) is 6.20. The summed E-state index contributed by atoms with van der Waals surface area (Å²) in [5.74, 6) is 0. The Kier molecular flexibility index (Phi) is 6.78. The van der Waals surface area contributed by atoms with Crippen LogP contribution in [0.25, 0.3) is 0 Å². The molecule has 12 heavy (non-hydrogen) atoms. The van der Waals surface area contributed by atoms with Crippen LogP contribution in [0, 0.1) is 0 Å². The van der Waals surface area contributed by atoms with Gasteiger partial charge in [-0.3, -0.25) is 0 Å². The Hall–Kier alpha value is -0.560. The molecule has 0 aliphatic heterocycles. The average molecular weight is 168 g/mol. The standard InChI is InChI=1S/C11H20O/c1-10(2)6-4-7-11(3)8-5-9-12/h6,12H,3-5,7-9H2,1-2H3. The van der Waals surface area contributed by atoms with E-state index in [9.17, 15) is 0 Å². The fourth-order valence-electron chi connectivity index (χ4n) is 1.02. The Morgan fingerprint density at radius 1 is 1.33 bits per heavy atom. The van der Waals surface area contributed by atoms with Crippen LogP contribution in [-0.4, -0.2) is 11.7 Å². The van der Waals surface area contributed by atoms with E-state index in [-0.39, 0.29) is 6.61 Å². The molecule has 0 aliphatic rings. The third-order valence-electron chi connectivity index (χ3n) is 1.74. The monoisotopic (exact) mass is 168 g/mol. The Labute approximate surface area is 75.8 Å². The van der Waals surface area contributed by atoms with Gasteiger partial charge in [-0.2, -0.15) is 0 Å². The summed E-state index contributed by atoms with van der Waals surface area (Å²) < 4.78 is 0. The lowest BCUT2D eigenvalue weighted by Crippen LogP contribution is -1.86. The van der Waals surface area contributed by atoms with Crippen LogP contribution in [0.5, 0.6) is 0 Å². The summed E-state index contributed by atoms with van der Waals surface area (Å²) in [5, 5.41) is 8.58. The lowest BCUT2D eigenvalue weighted by atomic mass is 10.1. The van der Waals surface area contributed by atoms with Crippen molar-refractivity contribution in [2.24, 2.45) is 0 Å². The van der Waals surface area contributed by atoms with Crippen LogP contribution < -0.4 is 0 Å². The molecule has 1 heteroatoms. The maximum Gasteiger partial charge on any atom is 0.0434 e. The molecule has 0 saturated carbocycles. The van der Waals surface area contributed by atoms with E-state index in [1.54, 1.807) is 0 Å². The Bertz CT molecular complexity index is 152. The fourth-order valence-corrected chi connectivity index (χ4v) is 1.02. The van der Waals surface area contributed by atoms with Crippen molar-refractivity contribution in [3.05, 3.63) is 23.8 Å². The first kappa shape index (κ1) is 11.4. The van der Waals surface area contributed by atoms with Crippen molar-refractivity contribution in [1.29, 1.82) is 0 Å². The molecule has 0 heterocycles. The zero-order valence-corrected chi connectivity index (χ0v) is 8.27. The van der Waals surface area contributed by atoms with Gasteiger partial charge in [-0.05, 0) is 39.5 Å². The minimum Gasteiger partial charge on any atom is -0.396 e. The van der Waals surface area contributed by atoms with E-state index in [1.807, 2.05) is 0 Å². The van der Waals surface area contributed by atoms with Crippen LogP contribution in [0.2, 0.25) is 0 Å². The lowest BCUT2D eigenvalue weighted by molar-refractivity contribution is 0.288. The normalized spacial score (nSPS) is 9.58. The van der Waals surface area contributed by atoms with E-state index in [4.69, 9.17) is 5.11 Å². The molecule has 1 N–H and O–H groups in total. The van der Waals surface area contributed by atoms with Crippen molar-refractivity contribution < 1.29 is 5.11 Å². The van der Waals surface area contributed by atoms with Gasteiger partial charge in [0.2, 0.25) is 0 Å². The van der Waals surface area contributed by atoms with Gasteiger partial charge in [0.1, 0.15) is 0 Å². The number of aliphatic hydroxyl groups is 1. The maximum absolute atomic E-state index is 8.58. The third-order valence-corrected chi connectivity index (χ3v) is 1.74. The molecule has 0 aromatic rings. The van der Waals surface area contributed by atoms with Crippen LogP contribution in [-0.2, 0) is 0 Å². The second kappa shape index (κ2) is 7.11. The van der Waals surface area contributed by atoms with Crippen molar-refractivity contribution in [3.8, 4) is 0 Å². The smallest absolute Gasteiger partial charge is 0.0434 e. The molecule has 0 spiro atoms. The fraction of sp³-hybridized carbons (Fsp3) is 0.636. The molecule has 0 atom stereocenters. The highest BCUT2D eigenvalue weighted by Crippen LogP contribution is 2.10. The molecule has 70 valence electrons. The zero-order chi connectivity index (χ0) is 9.40. The zero-order valence-electron chi connectivity index (χ0n) is 8.27. The number of rotatable bonds is 6. The quantitative estimate of drug-likeness (QED) is 0.604. The highest BCUT2D eigenvalue weighted by Gasteiger charge is 1.92. The summed E-state index contributed by atoms with van der Waals surface area (Å²) >= 11 is 0. The Morgan fingerprint density at radius 3 is 2.50 bits per heavy atom. The van der Waals surface area contributed by atoms with Crippen LogP contribution in [0.15, 0.2) is 23.8 Å². The minimum atomic E-state index is 0.279. The largest absolute Gasteiger partial charge is 0.396 e. The van der Waals surface area contributed by atoms with Crippen LogP contribution in [0.3, 0.4) is 0 Å². The average Bonchev–Trinajstić information content (AvgIpc) is 2.00. The molecule has 0 amide bonds. The van der Waals surface area contributed by atoms with Gasteiger partial charge in [-0.25, -0.2) is 0 Å². The van der Waals surface area contributed by atoms with Gasteiger partial charge in [-0.1, -0.05) is 23.8 Å². The van der Waals surface area contributed by atoms with E-state index in [1.165, 1.54) is 11.1 Å². The van der Waals surface area contributed by atoms with Crippen molar-refractivity contribution in [2.45, 2.75) is 39.5 Å². The highest BCUT2D eigenvalue weighted by atomic mass is 16.2. The first-order chi connectivity index (χ1) is 5.66. The summed E-state index contributed by atoms with van der Waals surface area (Å²) in [6.45, 7) is 8.44. The lowest BCUT2D eigenvalue weighted by Gasteiger charge is -2.01. The first-order valence-corrected chi connectivity index (χ1v) is 4.57. The molecule has 0 aromatic heterocycles. The molecule has 0 aliphatic carbocycles. The molecule has 0 aromatic carbocycles. The maximum atomic E-state index is 8.58. The van der Waals surface area contributed by atoms with E-state index in [2.05, 4.69) is 26.5 Å². The van der Waals surface area contributed by atoms with Gasteiger partial charge in [0.15, 0.2) is 0 Å². The van der Waals surface area contributed by atoms with E-state index >= 15 is 0 Å². The van der Waals surface area contributed by atoms with Gasteiger partial charge < -0.3 is 5.11 Å². The molecule has 0 unspecified atom stereocenters. The third kappa shape index (κ3) is 7.55. The summed E-state index contributed by atoms with van der Waals surface area (Å²) in [4.78, 5) is 0. The van der Waals surface area contributed by atoms with Crippen LogP contribution >= 0.6 is 0 Å². The van der Waals surface area contributed by atoms with Crippen molar-refractivity contribution in [3.63, 3.8) is 0 Å². The Balaban J connectivity index is 3.38. The molecule has 0 bridgehead atoms. The second-order valence-corrected chi connectivity index (χ2v) is 3.40. The molecule has 1 nitrogen and oxygen atoms in total. The van der Waals surface area contributed by atoms with E-state index in [0.29, 0.717) is 0 Å². The van der Waals surface area contributed by atoms with E-state index < -0.39 is 0 Å². The molecule has 0 radical (unpaired) electrons. The van der Waals surface area contributed by atoms with Crippen molar-refractivity contribution in [2.75, 3.05) is 6.61 Å². The van der Waals surface area contributed by atoms with Crippen molar-refractivity contribution in [1.82, 2.24) is 0 Å². The summed E-state index contributed by atoms with van der Waals surface area (Å²) in [7, 11) is 0. The highest BCUT2D eigenvalue weighted by molar-refractivity contribution is 4.99. The molecule has 0 rings (SSSR count). The van der Waals surface area contributed by atoms with Gasteiger partial charge in [0.05, 0.1) is 0 Å². The molecular formula is C11H20O. The summed E-state index contributed by atoms with van der Waals surface area (Å²) in [6, 6.07) is 0. The van der Waals surface area contributed by atoms with Crippen LogP contribution in [0.4, 0.5) is 0 Å². The number of hydrogen-bond acceptors (Lipinski definition) is 1. The minimum absolute atomic E-state index is 0.279. The molecular weight excluding hydrogens is 148 g/mol. The second-order valence-electron chi connectivity index (χ2n) is 3.40. The molecule has 0 saturated heterocycles. The van der Waals surface area contributed by atoms with Crippen LogP contribution in [0.1, 0.15) is 39.5 Å². The SMILES string of the molecule is C=C(CCC=C(C)C)CCCO. The summed E-state index contributed by atoms with van der Waals surface area (Å²) in [5.41, 5.74) is 2.62. The Morgan fingerprint density at radius 2 is 2.00 bits per heavy atom. The predicted molar refractivity (Wildman–Crippen MR) is 54.1 cm³/mol. The first-order valence-electron chi connectivity index (χ1n) is 4.57. The number of allylic oxidation sites excluding steroid dienone is 3. The van der Waals surface area contributed by atoms with E-state index in [0.717, 1.165) is 25.7 Å². The molecule has 0 fully saturated rings. The van der Waals surface area contributed by atoms with Gasteiger partial charge in [0, 0.05) is 6.61 Å². The van der Waals surface area contributed by atoms with Crippen molar-refractivity contribution >= 4 is 0 Å². The van der Waals surface area contributed by atoms with Gasteiger partial charge >= 0.3 is 0 Å². The predicted octanol–water partition coefficient (Wildman–Crippen LogP) is 3.06. The topological polar surface area (TPSA) is 20.2 Å².